The molecule has 74 valence electrons. The summed E-state index contributed by atoms with van der Waals surface area (Å²) in [4.78, 5) is 0. The summed E-state index contributed by atoms with van der Waals surface area (Å²) in [5.41, 5.74) is 2.35. The summed E-state index contributed by atoms with van der Waals surface area (Å²) in [5.74, 6) is 6.28. The molecule has 0 saturated carbocycles. The van der Waals surface area contributed by atoms with Gasteiger partial charge in [0, 0.05) is 18.0 Å². The van der Waals surface area contributed by atoms with Gasteiger partial charge in [0.25, 0.3) is 0 Å². The maximum atomic E-state index is 3.14. The average Bonchev–Trinajstić information content (AvgIpc) is 2.74. The molecule has 0 radical (unpaired) electrons. The summed E-state index contributed by atoms with van der Waals surface area (Å²) in [6.45, 7) is 2.83. The summed E-state index contributed by atoms with van der Waals surface area (Å²) in [7, 11) is 0. The van der Waals surface area contributed by atoms with Crippen molar-refractivity contribution in [3.8, 4) is 11.8 Å². The Balaban J connectivity index is 2.03. The maximum absolute atomic E-state index is 3.14. The predicted molar refractivity (Wildman–Crippen MR) is 62.5 cm³/mol. The molecule has 0 N–H and O–H groups in total. The lowest BCUT2D eigenvalue weighted by molar-refractivity contribution is 0.850. The minimum atomic E-state index is 0.751. The number of nitrogens with zero attached hydrogens (tertiary/aromatic N) is 1. The van der Waals surface area contributed by atoms with Gasteiger partial charge in [-0.25, -0.2) is 0 Å². The molecule has 0 atom stereocenters. The molecule has 1 heterocycles. The number of rotatable bonds is 1. The minimum absolute atomic E-state index is 0.751. The normalized spacial score (nSPS) is 9.40. The van der Waals surface area contributed by atoms with Crippen LogP contribution < -0.4 is 0 Å². The van der Waals surface area contributed by atoms with Crippen molar-refractivity contribution in [1.82, 2.24) is 4.57 Å². The Bertz CT molecular complexity index is 466. The molecule has 2 rings (SSSR count). The second-order valence-electron chi connectivity index (χ2n) is 3.52. The van der Waals surface area contributed by atoms with Gasteiger partial charge >= 0.3 is 0 Å². The standard InChI is InChI=1S/C14H13N/c1-13-6-8-14(9-7-13)5-4-12-15-10-2-3-11-15/h2-3,6-11H,12H2,1H3. The van der Waals surface area contributed by atoms with Crippen molar-refractivity contribution < 1.29 is 0 Å². The van der Waals surface area contributed by atoms with Crippen LogP contribution in [0.25, 0.3) is 0 Å². The Labute approximate surface area is 90.4 Å². The smallest absolute Gasteiger partial charge is 0.0835 e. The van der Waals surface area contributed by atoms with E-state index in [0.717, 1.165) is 12.1 Å². The highest BCUT2D eigenvalue weighted by atomic mass is 14.9. The van der Waals surface area contributed by atoms with Crippen molar-refractivity contribution in [3.63, 3.8) is 0 Å². The Morgan fingerprint density at radius 3 is 2.40 bits per heavy atom. The summed E-state index contributed by atoms with van der Waals surface area (Å²) in [6.07, 6.45) is 4.04. The molecule has 0 spiro atoms. The van der Waals surface area contributed by atoms with Gasteiger partial charge in [0.2, 0.25) is 0 Å². The molecule has 0 aliphatic rings. The van der Waals surface area contributed by atoms with Crippen LogP contribution in [-0.4, -0.2) is 4.57 Å². The van der Waals surface area contributed by atoms with Gasteiger partial charge < -0.3 is 4.57 Å². The third-order valence-electron chi connectivity index (χ3n) is 2.21. The van der Waals surface area contributed by atoms with E-state index in [9.17, 15) is 0 Å². The molecule has 0 aliphatic heterocycles. The highest BCUT2D eigenvalue weighted by molar-refractivity contribution is 5.35. The molecule has 15 heavy (non-hydrogen) atoms. The van der Waals surface area contributed by atoms with Crippen LogP contribution in [0.3, 0.4) is 0 Å². The zero-order valence-electron chi connectivity index (χ0n) is 8.77. The summed E-state index contributed by atoms with van der Waals surface area (Å²) < 4.78 is 2.06. The first-order valence-corrected chi connectivity index (χ1v) is 5.01. The van der Waals surface area contributed by atoms with Crippen LogP contribution in [0.1, 0.15) is 11.1 Å². The molecule has 0 unspecified atom stereocenters. The molecule has 0 fully saturated rings. The number of aryl methyl sites for hydroxylation is 1. The number of benzene rings is 1. The van der Waals surface area contributed by atoms with E-state index in [-0.39, 0.29) is 0 Å². The Morgan fingerprint density at radius 1 is 1.07 bits per heavy atom. The van der Waals surface area contributed by atoms with Gasteiger partial charge in [0.1, 0.15) is 0 Å². The fourth-order valence-electron chi connectivity index (χ4n) is 1.35. The van der Waals surface area contributed by atoms with Gasteiger partial charge in [0.15, 0.2) is 0 Å². The summed E-state index contributed by atoms with van der Waals surface area (Å²) in [5, 5.41) is 0. The van der Waals surface area contributed by atoms with Gasteiger partial charge in [-0.2, -0.15) is 0 Å². The van der Waals surface area contributed by atoms with Crippen LogP contribution >= 0.6 is 0 Å². The van der Waals surface area contributed by atoms with Crippen LogP contribution in [-0.2, 0) is 6.54 Å². The monoisotopic (exact) mass is 195 g/mol. The predicted octanol–water partition coefficient (Wildman–Crippen LogP) is 2.85. The summed E-state index contributed by atoms with van der Waals surface area (Å²) >= 11 is 0. The van der Waals surface area contributed by atoms with Gasteiger partial charge in [-0.15, -0.1) is 0 Å². The van der Waals surface area contributed by atoms with Crippen molar-refractivity contribution in [2.75, 3.05) is 0 Å². The molecule has 1 aromatic carbocycles. The lowest BCUT2D eigenvalue weighted by Gasteiger charge is -1.93. The molecule has 1 nitrogen and oxygen atoms in total. The molecule has 0 bridgehead atoms. The fourth-order valence-corrected chi connectivity index (χ4v) is 1.35. The van der Waals surface area contributed by atoms with Crippen molar-refractivity contribution in [2.24, 2.45) is 0 Å². The Hall–Kier alpha value is -1.94. The topological polar surface area (TPSA) is 4.93 Å². The van der Waals surface area contributed by atoms with Crippen LogP contribution in [0.15, 0.2) is 48.8 Å². The van der Waals surface area contributed by atoms with Crippen LogP contribution in [0, 0.1) is 18.8 Å². The van der Waals surface area contributed by atoms with Crippen molar-refractivity contribution in [3.05, 3.63) is 59.9 Å². The quantitative estimate of drug-likeness (QED) is 0.617. The zero-order valence-corrected chi connectivity index (χ0v) is 8.77. The second-order valence-corrected chi connectivity index (χ2v) is 3.52. The minimum Gasteiger partial charge on any atom is -0.343 e. The zero-order chi connectivity index (χ0) is 10.5. The van der Waals surface area contributed by atoms with E-state index < -0.39 is 0 Å². The molecular weight excluding hydrogens is 182 g/mol. The fraction of sp³-hybridized carbons (Fsp3) is 0.143. The van der Waals surface area contributed by atoms with Crippen molar-refractivity contribution in [1.29, 1.82) is 0 Å². The van der Waals surface area contributed by atoms with Crippen molar-refractivity contribution >= 4 is 0 Å². The van der Waals surface area contributed by atoms with Gasteiger partial charge in [-0.1, -0.05) is 29.5 Å². The molecule has 0 saturated heterocycles. The van der Waals surface area contributed by atoms with E-state index in [1.54, 1.807) is 0 Å². The van der Waals surface area contributed by atoms with E-state index in [0.29, 0.717) is 0 Å². The first-order valence-electron chi connectivity index (χ1n) is 5.01. The maximum Gasteiger partial charge on any atom is 0.0835 e. The second kappa shape index (κ2) is 4.52. The molecule has 0 aliphatic carbocycles. The SMILES string of the molecule is Cc1ccc(C#CCn2cccc2)cc1. The Kier molecular flexibility index (Phi) is 2.90. The van der Waals surface area contributed by atoms with Gasteiger partial charge in [-0.3, -0.25) is 0 Å². The number of hydrogen-bond acceptors (Lipinski definition) is 0. The van der Waals surface area contributed by atoms with Crippen LogP contribution in [0.4, 0.5) is 0 Å². The van der Waals surface area contributed by atoms with E-state index >= 15 is 0 Å². The van der Waals surface area contributed by atoms with E-state index in [1.807, 2.05) is 24.5 Å². The highest BCUT2D eigenvalue weighted by Gasteiger charge is 1.86. The first kappa shape index (κ1) is 9.61. The van der Waals surface area contributed by atoms with E-state index in [4.69, 9.17) is 0 Å². The van der Waals surface area contributed by atoms with Crippen LogP contribution in [0.2, 0.25) is 0 Å². The third kappa shape index (κ3) is 2.75. The molecular formula is C14H13N. The van der Waals surface area contributed by atoms with Crippen molar-refractivity contribution in [2.45, 2.75) is 13.5 Å². The lowest BCUT2D eigenvalue weighted by Crippen LogP contribution is -1.89. The van der Waals surface area contributed by atoms with E-state index in [2.05, 4.69) is 47.6 Å². The number of hydrogen-bond donors (Lipinski definition) is 0. The summed E-state index contributed by atoms with van der Waals surface area (Å²) in [6, 6.07) is 12.3. The highest BCUT2D eigenvalue weighted by Crippen LogP contribution is 2.00. The van der Waals surface area contributed by atoms with Gasteiger partial charge in [-0.05, 0) is 31.2 Å². The first-order chi connectivity index (χ1) is 7.34. The Morgan fingerprint density at radius 2 is 1.73 bits per heavy atom. The van der Waals surface area contributed by atoms with Gasteiger partial charge in [0.05, 0.1) is 6.54 Å². The van der Waals surface area contributed by atoms with E-state index in [1.165, 1.54) is 5.56 Å². The molecule has 1 aromatic heterocycles. The molecule has 0 amide bonds. The van der Waals surface area contributed by atoms with Crippen LogP contribution in [0.5, 0.6) is 0 Å². The lowest BCUT2D eigenvalue weighted by atomic mass is 10.2. The molecule has 2 aromatic rings. The third-order valence-corrected chi connectivity index (χ3v) is 2.21. The number of aromatic nitrogens is 1. The molecule has 1 heteroatoms. The average molecular weight is 195 g/mol. The largest absolute Gasteiger partial charge is 0.343 e.